The van der Waals surface area contributed by atoms with E-state index in [2.05, 4.69) is 22.2 Å². The normalized spacial score (nSPS) is 18.8. The van der Waals surface area contributed by atoms with Crippen molar-refractivity contribution >= 4 is 0 Å². The molecule has 2 rings (SSSR count). The van der Waals surface area contributed by atoms with Crippen LogP contribution in [0.1, 0.15) is 44.7 Å². The molecule has 1 aliphatic carbocycles. The summed E-state index contributed by atoms with van der Waals surface area (Å²) in [6.45, 7) is 4.28. The van der Waals surface area contributed by atoms with Crippen LogP contribution in [-0.2, 0) is 6.54 Å². The third-order valence-electron chi connectivity index (χ3n) is 3.84. The number of nitrogens with one attached hydrogen (secondary N) is 1. The average Bonchev–Trinajstić information content (AvgIpc) is 2.80. The van der Waals surface area contributed by atoms with Gasteiger partial charge < -0.3 is 5.32 Å². The van der Waals surface area contributed by atoms with Crippen LogP contribution in [0.5, 0.6) is 0 Å². The van der Waals surface area contributed by atoms with Crippen LogP contribution >= 0.6 is 0 Å². The SMILES string of the molecule is CCC1(CNCc2cnccn2)CCCC1. The highest BCUT2D eigenvalue weighted by atomic mass is 14.9. The molecule has 1 aliphatic rings. The van der Waals surface area contributed by atoms with E-state index in [0.29, 0.717) is 5.41 Å². The minimum Gasteiger partial charge on any atom is -0.311 e. The second-order valence-corrected chi connectivity index (χ2v) is 4.86. The Bertz CT molecular complexity index is 304. The van der Waals surface area contributed by atoms with Gasteiger partial charge in [0.2, 0.25) is 0 Å². The lowest BCUT2D eigenvalue weighted by Gasteiger charge is -2.27. The summed E-state index contributed by atoms with van der Waals surface area (Å²) in [4.78, 5) is 8.34. The molecule has 0 saturated heterocycles. The number of aromatic nitrogens is 2. The monoisotopic (exact) mass is 219 g/mol. The van der Waals surface area contributed by atoms with E-state index in [1.54, 1.807) is 12.4 Å². The van der Waals surface area contributed by atoms with E-state index in [9.17, 15) is 0 Å². The first-order valence-corrected chi connectivity index (χ1v) is 6.30. The first-order chi connectivity index (χ1) is 7.85. The molecular weight excluding hydrogens is 198 g/mol. The molecule has 0 atom stereocenters. The Labute approximate surface area is 97.7 Å². The van der Waals surface area contributed by atoms with Crippen molar-refractivity contribution < 1.29 is 0 Å². The van der Waals surface area contributed by atoms with E-state index < -0.39 is 0 Å². The smallest absolute Gasteiger partial charge is 0.0724 e. The molecule has 0 amide bonds. The molecule has 1 N–H and O–H groups in total. The highest BCUT2D eigenvalue weighted by molar-refractivity contribution is 4.94. The zero-order chi connectivity index (χ0) is 11.3. The summed E-state index contributed by atoms with van der Waals surface area (Å²) in [6.07, 6.45) is 12.2. The van der Waals surface area contributed by atoms with Gasteiger partial charge in [0.15, 0.2) is 0 Å². The predicted molar refractivity (Wildman–Crippen MR) is 64.9 cm³/mol. The van der Waals surface area contributed by atoms with E-state index in [1.165, 1.54) is 32.1 Å². The lowest BCUT2D eigenvalue weighted by molar-refractivity contribution is 0.268. The molecule has 3 heteroatoms. The Morgan fingerprint density at radius 3 is 2.75 bits per heavy atom. The van der Waals surface area contributed by atoms with Gasteiger partial charge in [0, 0.05) is 31.7 Å². The van der Waals surface area contributed by atoms with Crippen molar-refractivity contribution in [2.75, 3.05) is 6.54 Å². The summed E-state index contributed by atoms with van der Waals surface area (Å²) >= 11 is 0. The van der Waals surface area contributed by atoms with E-state index in [0.717, 1.165) is 18.8 Å². The second kappa shape index (κ2) is 5.39. The van der Waals surface area contributed by atoms with Crippen LogP contribution in [0.15, 0.2) is 18.6 Å². The van der Waals surface area contributed by atoms with Gasteiger partial charge in [-0.05, 0) is 24.7 Å². The van der Waals surface area contributed by atoms with E-state index >= 15 is 0 Å². The quantitative estimate of drug-likeness (QED) is 0.827. The number of hydrogen-bond donors (Lipinski definition) is 1. The van der Waals surface area contributed by atoms with Crippen molar-refractivity contribution in [1.29, 1.82) is 0 Å². The minimum absolute atomic E-state index is 0.558. The molecule has 0 aliphatic heterocycles. The molecule has 3 nitrogen and oxygen atoms in total. The van der Waals surface area contributed by atoms with E-state index in [1.807, 2.05) is 6.20 Å². The molecule has 1 saturated carbocycles. The fraction of sp³-hybridized carbons (Fsp3) is 0.692. The van der Waals surface area contributed by atoms with Gasteiger partial charge in [0.25, 0.3) is 0 Å². The average molecular weight is 219 g/mol. The number of nitrogens with zero attached hydrogens (tertiary/aromatic N) is 2. The summed E-state index contributed by atoms with van der Waals surface area (Å²) in [6, 6.07) is 0. The van der Waals surface area contributed by atoms with Crippen LogP contribution in [-0.4, -0.2) is 16.5 Å². The zero-order valence-electron chi connectivity index (χ0n) is 10.1. The maximum absolute atomic E-state index is 4.27. The van der Waals surface area contributed by atoms with Gasteiger partial charge in [-0.2, -0.15) is 0 Å². The molecule has 1 fully saturated rings. The summed E-state index contributed by atoms with van der Waals surface area (Å²) < 4.78 is 0. The zero-order valence-corrected chi connectivity index (χ0v) is 10.1. The van der Waals surface area contributed by atoms with Gasteiger partial charge in [0.05, 0.1) is 5.69 Å². The second-order valence-electron chi connectivity index (χ2n) is 4.86. The summed E-state index contributed by atoms with van der Waals surface area (Å²) in [7, 11) is 0. The van der Waals surface area contributed by atoms with Crippen molar-refractivity contribution in [3.63, 3.8) is 0 Å². The maximum atomic E-state index is 4.27. The standard InChI is InChI=1S/C13H21N3/c1-2-13(5-3-4-6-13)11-15-10-12-9-14-7-8-16-12/h7-9,15H,2-6,10-11H2,1H3. The fourth-order valence-corrected chi connectivity index (χ4v) is 2.66. The molecule has 0 aromatic carbocycles. The Morgan fingerprint density at radius 1 is 1.31 bits per heavy atom. The third kappa shape index (κ3) is 2.79. The molecule has 1 aromatic rings. The highest BCUT2D eigenvalue weighted by Crippen LogP contribution is 2.40. The van der Waals surface area contributed by atoms with Gasteiger partial charge in [0.1, 0.15) is 0 Å². The van der Waals surface area contributed by atoms with Gasteiger partial charge in [-0.15, -0.1) is 0 Å². The van der Waals surface area contributed by atoms with Crippen LogP contribution in [0, 0.1) is 5.41 Å². The van der Waals surface area contributed by atoms with Crippen molar-refractivity contribution in [3.8, 4) is 0 Å². The Balaban J connectivity index is 1.79. The van der Waals surface area contributed by atoms with Crippen molar-refractivity contribution in [2.24, 2.45) is 5.41 Å². The van der Waals surface area contributed by atoms with E-state index in [4.69, 9.17) is 0 Å². The molecule has 1 heterocycles. The third-order valence-corrected chi connectivity index (χ3v) is 3.84. The number of hydrogen-bond acceptors (Lipinski definition) is 3. The van der Waals surface area contributed by atoms with E-state index in [-0.39, 0.29) is 0 Å². The van der Waals surface area contributed by atoms with Crippen molar-refractivity contribution in [3.05, 3.63) is 24.3 Å². The lowest BCUT2D eigenvalue weighted by Crippen LogP contribution is -2.31. The topological polar surface area (TPSA) is 37.8 Å². The molecule has 16 heavy (non-hydrogen) atoms. The predicted octanol–water partition coefficient (Wildman–Crippen LogP) is 2.54. The van der Waals surface area contributed by atoms with Crippen molar-refractivity contribution in [1.82, 2.24) is 15.3 Å². The van der Waals surface area contributed by atoms with Crippen LogP contribution in [0.4, 0.5) is 0 Å². The summed E-state index contributed by atoms with van der Waals surface area (Å²) in [5.74, 6) is 0. The van der Waals surface area contributed by atoms with Gasteiger partial charge in [-0.25, -0.2) is 0 Å². The summed E-state index contributed by atoms with van der Waals surface area (Å²) in [5.41, 5.74) is 1.59. The Kier molecular flexibility index (Phi) is 3.88. The van der Waals surface area contributed by atoms with Gasteiger partial charge in [-0.3, -0.25) is 9.97 Å². The maximum Gasteiger partial charge on any atom is 0.0724 e. The first-order valence-electron chi connectivity index (χ1n) is 6.30. The fourth-order valence-electron chi connectivity index (χ4n) is 2.66. The van der Waals surface area contributed by atoms with Crippen LogP contribution < -0.4 is 5.32 Å². The Hall–Kier alpha value is -0.960. The molecule has 0 radical (unpaired) electrons. The van der Waals surface area contributed by atoms with Gasteiger partial charge in [-0.1, -0.05) is 19.8 Å². The first kappa shape index (κ1) is 11.5. The minimum atomic E-state index is 0.558. The Morgan fingerprint density at radius 2 is 2.12 bits per heavy atom. The van der Waals surface area contributed by atoms with Crippen LogP contribution in [0.3, 0.4) is 0 Å². The van der Waals surface area contributed by atoms with Crippen molar-refractivity contribution in [2.45, 2.75) is 45.6 Å². The van der Waals surface area contributed by atoms with Gasteiger partial charge >= 0.3 is 0 Å². The molecular formula is C13H21N3. The molecule has 88 valence electrons. The lowest BCUT2D eigenvalue weighted by atomic mass is 9.83. The largest absolute Gasteiger partial charge is 0.311 e. The molecule has 0 unspecified atom stereocenters. The van der Waals surface area contributed by atoms with Crippen LogP contribution in [0.2, 0.25) is 0 Å². The highest BCUT2D eigenvalue weighted by Gasteiger charge is 2.31. The molecule has 0 bridgehead atoms. The number of rotatable bonds is 5. The summed E-state index contributed by atoms with van der Waals surface area (Å²) in [5, 5.41) is 3.53. The molecule has 1 aromatic heterocycles. The molecule has 0 spiro atoms. The van der Waals surface area contributed by atoms with Crippen LogP contribution in [0.25, 0.3) is 0 Å².